The van der Waals surface area contributed by atoms with Crippen LogP contribution >= 0.6 is 0 Å². The number of carbonyl (C=O) groups is 1. The summed E-state index contributed by atoms with van der Waals surface area (Å²) in [4.78, 5) is 21.6. The Bertz CT molecular complexity index is 1230. The first-order valence-corrected chi connectivity index (χ1v) is 9.45. The molecule has 1 heterocycles. The first-order valence-electron chi connectivity index (χ1n) is 9.45. The number of hydrogen-bond donors (Lipinski definition) is 2. The van der Waals surface area contributed by atoms with E-state index in [0.717, 1.165) is 17.7 Å². The van der Waals surface area contributed by atoms with E-state index in [2.05, 4.69) is 15.3 Å². The SMILES string of the molecule is O=C(Cc1ccc(F)c(F)c1)Nc1ncc(-c2ccccc2)nc1-c1ccc(O)cc1. The Labute approximate surface area is 177 Å². The van der Waals surface area contributed by atoms with Crippen LogP contribution in [-0.4, -0.2) is 21.0 Å². The van der Waals surface area contributed by atoms with Gasteiger partial charge in [-0.2, -0.15) is 0 Å². The molecule has 0 aliphatic heterocycles. The van der Waals surface area contributed by atoms with Crippen molar-refractivity contribution >= 4 is 11.7 Å². The second-order valence-electron chi connectivity index (χ2n) is 6.84. The Hall–Kier alpha value is -4.13. The summed E-state index contributed by atoms with van der Waals surface area (Å²) in [5, 5.41) is 12.3. The molecule has 0 saturated carbocycles. The van der Waals surface area contributed by atoms with E-state index in [1.165, 1.54) is 18.2 Å². The van der Waals surface area contributed by atoms with Gasteiger partial charge in [-0.1, -0.05) is 36.4 Å². The largest absolute Gasteiger partial charge is 0.508 e. The molecule has 1 aromatic heterocycles. The maximum Gasteiger partial charge on any atom is 0.230 e. The summed E-state index contributed by atoms with van der Waals surface area (Å²) in [5.41, 5.74) is 2.86. The second-order valence-corrected chi connectivity index (χ2v) is 6.84. The van der Waals surface area contributed by atoms with Gasteiger partial charge in [-0.3, -0.25) is 4.79 Å². The predicted molar refractivity (Wildman–Crippen MR) is 113 cm³/mol. The van der Waals surface area contributed by atoms with Gasteiger partial charge in [0.05, 0.1) is 18.3 Å². The Balaban J connectivity index is 1.66. The maximum atomic E-state index is 13.4. The van der Waals surface area contributed by atoms with E-state index < -0.39 is 17.5 Å². The first kappa shape index (κ1) is 20.2. The van der Waals surface area contributed by atoms with Crippen LogP contribution in [-0.2, 0) is 11.2 Å². The van der Waals surface area contributed by atoms with Crippen molar-refractivity contribution in [2.45, 2.75) is 6.42 Å². The predicted octanol–water partition coefficient (Wildman–Crippen LogP) is 4.98. The van der Waals surface area contributed by atoms with Gasteiger partial charge in [0.1, 0.15) is 11.4 Å². The van der Waals surface area contributed by atoms with E-state index >= 15 is 0 Å². The monoisotopic (exact) mass is 417 g/mol. The minimum atomic E-state index is -1.01. The minimum Gasteiger partial charge on any atom is -0.508 e. The zero-order valence-electron chi connectivity index (χ0n) is 16.2. The molecule has 154 valence electrons. The third-order valence-corrected chi connectivity index (χ3v) is 4.59. The van der Waals surface area contributed by atoms with E-state index in [1.54, 1.807) is 18.3 Å². The molecule has 0 unspecified atom stereocenters. The fraction of sp³-hybridized carbons (Fsp3) is 0.0417. The molecule has 7 heteroatoms. The highest BCUT2D eigenvalue weighted by Crippen LogP contribution is 2.29. The van der Waals surface area contributed by atoms with Gasteiger partial charge in [-0.05, 0) is 42.0 Å². The van der Waals surface area contributed by atoms with Crippen LogP contribution in [0.2, 0.25) is 0 Å². The van der Waals surface area contributed by atoms with Gasteiger partial charge in [0.15, 0.2) is 17.5 Å². The van der Waals surface area contributed by atoms with E-state index in [-0.39, 0.29) is 18.0 Å². The molecule has 0 aliphatic rings. The zero-order valence-corrected chi connectivity index (χ0v) is 16.2. The molecule has 4 rings (SSSR count). The number of halogens is 2. The van der Waals surface area contributed by atoms with Crippen LogP contribution in [0.25, 0.3) is 22.5 Å². The third-order valence-electron chi connectivity index (χ3n) is 4.59. The van der Waals surface area contributed by atoms with Crippen LogP contribution in [0.1, 0.15) is 5.56 Å². The van der Waals surface area contributed by atoms with Crippen LogP contribution < -0.4 is 5.32 Å². The molecule has 0 radical (unpaired) electrons. The molecule has 0 atom stereocenters. The summed E-state index contributed by atoms with van der Waals surface area (Å²) in [6.45, 7) is 0. The van der Waals surface area contributed by atoms with Crippen LogP contribution in [0.15, 0.2) is 79.0 Å². The molecule has 4 aromatic rings. The smallest absolute Gasteiger partial charge is 0.230 e. The molecule has 0 fully saturated rings. The third kappa shape index (κ3) is 4.72. The number of nitrogens with one attached hydrogen (secondary N) is 1. The number of rotatable bonds is 5. The maximum absolute atomic E-state index is 13.4. The number of benzene rings is 3. The van der Waals surface area contributed by atoms with Crippen LogP contribution in [0.3, 0.4) is 0 Å². The highest BCUT2D eigenvalue weighted by atomic mass is 19.2. The molecule has 0 bridgehead atoms. The molecule has 0 aliphatic carbocycles. The van der Waals surface area contributed by atoms with Crippen LogP contribution in [0.5, 0.6) is 5.75 Å². The zero-order chi connectivity index (χ0) is 21.8. The summed E-state index contributed by atoms with van der Waals surface area (Å²) < 4.78 is 26.5. The fourth-order valence-electron chi connectivity index (χ4n) is 3.06. The van der Waals surface area contributed by atoms with E-state index in [1.807, 2.05) is 30.3 Å². The van der Waals surface area contributed by atoms with Gasteiger partial charge in [0.2, 0.25) is 5.91 Å². The Morgan fingerprint density at radius 1 is 0.903 bits per heavy atom. The molecule has 0 saturated heterocycles. The highest BCUT2D eigenvalue weighted by Gasteiger charge is 2.15. The van der Waals surface area contributed by atoms with Gasteiger partial charge in [-0.15, -0.1) is 0 Å². The van der Waals surface area contributed by atoms with Crippen molar-refractivity contribution in [3.63, 3.8) is 0 Å². The molecule has 3 aromatic carbocycles. The number of aromatic nitrogens is 2. The number of hydrogen-bond acceptors (Lipinski definition) is 4. The fourth-order valence-corrected chi connectivity index (χ4v) is 3.06. The lowest BCUT2D eigenvalue weighted by atomic mass is 10.1. The normalized spacial score (nSPS) is 10.6. The van der Waals surface area contributed by atoms with Crippen molar-refractivity contribution in [1.29, 1.82) is 0 Å². The van der Waals surface area contributed by atoms with Gasteiger partial charge in [0.25, 0.3) is 0 Å². The minimum absolute atomic E-state index is 0.0971. The van der Waals surface area contributed by atoms with Crippen LogP contribution in [0, 0.1) is 11.6 Å². The Morgan fingerprint density at radius 2 is 1.65 bits per heavy atom. The lowest BCUT2D eigenvalue weighted by Crippen LogP contribution is -2.17. The molecule has 0 spiro atoms. The summed E-state index contributed by atoms with van der Waals surface area (Å²) in [6.07, 6.45) is 1.39. The van der Waals surface area contributed by atoms with Crippen molar-refractivity contribution in [3.05, 3.63) is 96.2 Å². The number of anilines is 1. The summed E-state index contributed by atoms with van der Waals surface area (Å²) in [5.74, 6) is -2.12. The lowest BCUT2D eigenvalue weighted by Gasteiger charge is -2.12. The number of phenols is 1. The Morgan fingerprint density at radius 3 is 2.35 bits per heavy atom. The lowest BCUT2D eigenvalue weighted by molar-refractivity contribution is -0.115. The molecular weight excluding hydrogens is 400 g/mol. The summed E-state index contributed by atoms with van der Waals surface area (Å²) >= 11 is 0. The van der Waals surface area contributed by atoms with Crippen molar-refractivity contribution in [2.75, 3.05) is 5.32 Å². The van der Waals surface area contributed by atoms with Crippen molar-refractivity contribution < 1.29 is 18.7 Å². The quantitative estimate of drug-likeness (QED) is 0.481. The molecular formula is C24H17F2N3O2. The van der Waals surface area contributed by atoms with Gasteiger partial charge < -0.3 is 10.4 Å². The van der Waals surface area contributed by atoms with Crippen molar-refractivity contribution in [3.8, 4) is 28.3 Å². The molecule has 5 nitrogen and oxygen atoms in total. The summed E-state index contributed by atoms with van der Waals surface area (Å²) in [6, 6.07) is 19.1. The molecule has 31 heavy (non-hydrogen) atoms. The molecule has 2 N–H and O–H groups in total. The number of aromatic hydroxyl groups is 1. The van der Waals surface area contributed by atoms with Crippen molar-refractivity contribution in [2.24, 2.45) is 0 Å². The number of phenolic OH excluding ortho intramolecular Hbond substituents is 1. The standard InChI is InChI=1S/C24H17F2N3O2/c25-19-11-6-15(12-20(19)26)13-22(31)29-24-23(17-7-9-18(30)10-8-17)28-21(14-27-24)16-4-2-1-3-5-16/h1-12,14,30H,13H2,(H,27,29,31). The summed E-state index contributed by atoms with van der Waals surface area (Å²) in [7, 11) is 0. The van der Waals surface area contributed by atoms with Gasteiger partial charge in [-0.25, -0.2) is 18.7 Å². The highest BCUT2D eigenvalue weighted by molar-refractivity contribution is 5.94. The van der Waals surface area contributed by atoms with Crippen LogP contribution in [0.4, 0.5) is 14.6 Å². The second kappa shape index (κ2) is 8.71. The first-order chi connectivity index (χ1) is 15.0. The Kier molecular flexibility index (Phi) is 5.66. The van der Waals surface area contributed by atoms with Gasteiger partial charge in [0, 0.05) is 11.1 Å². The average molecular weight is 417 g/mol. The molecule has 1 amide bonds. The number of nitrogens with zero attached hydrogens (tertiary/aromatic N) is 2. The van der Waals surface area contributed by atoms with Crippen molar-refractivity contribution in [1.82, 2.24) is 9.97 Å². The van der Waals surface area contributed by atoms with E-state index in [0.29, 0.717) is 22.5 Å². The average Bonchev–Trinajstić information content (AvgIpc) is 2.78. The number of amides is 1. The van der Waals surface area contributed by atoms with E-state index in [9.17, 15) is 18.7 Å². The van der Waals surface area contributed by atoms with Gasteiger partial charge >= 0.3 is 0 Å². The number of carbonyl (C=O) groups excluding carboxylic acids is 1. The topological polar surface area (TPSA) is 75.1 Å². The van der Waals surface area contributed by atoms with E-state index in [4.69, 9.17) is 0 Å².